The van der Waals surface area contributed by atoms with E-state index < -0.39 is 8.07 Å². The molecular formula is C56H38OSi. The molecule has 10 aromatic carbocycles. The first kappa shape index (κ1) is 34.0. The summed E-state index contributed by atoms with van der Waals surface area (Å²) in [7, 11) is -2.67. The van der Waals surface area contributed by atoms with E-state index in [-0.39, 0.29) is 0 Å². The molecule has 11 aromatic rings. The molecule has 0 saturated heterocycles. The first-order valence-electron chi connectivity index (χ1n) is 20.0. The minimum absolute atomic E-state index is 0.894. The predicted molar refractivity (Wildman–Crippen MR) is 249 cm³/mol. The maximum atomic E-state index is 6.86. The van der Waals surface area contributed by atoms with Crippen molar-refractivity contribution in [3.05, 3.63) is 231 Å². The highest BCUT2D eigenvalue weighted by Gasteiger charge is 2.41. The molecule has 0 aliphatic rings. The van der Waals surface area contributed by atoms with E-state index in [1.54, 1.807) is 0 Å². The largest absolute Gasteiger partial charge is 0.455 e. The summed E-state index contributed by atoms with van der Waals surface area (Å²) in [6, 6.07) is 84.5. The van der Waals surface area contributed by atoms with Crippen molar-refractivity contribution < 1.29 is 4.42 Å². The maximum Gasteiger partial charge on any atom is 0.179 e. The van der Waals surface area contributed by atoms with Crippen molar-refractivity contribution in [1.82, 2.24) is 0 Å². The molecule has 0 saturated carbocycles. The van der Waals surface area contributed by atoms with Gasteiger partial charge in [0, 0.05) is 21.9 Å². The average molecular weight is 755 g/mol. The lowest BCUT2D eigenvalue weighted by atomic mass is 9.85. The van der Waals surface area contributed by atoms with Gasteiger partial charge in [0.2, 0.25) is 0 Å². The molecule has 272 valence electrons. The van der Waals surface area contributed by atoms with Crippen LogP contribution in [0.3, 0.4) is 0 Å². The van der Waals surface area contributed by atoms with Crippen LogP contribution in [0, 0.1) is 0 Å². The molecule has 58 heavy (non-hydrogen) atoms. The summed E-state index contributed by atoms with van der Waals surface area (Å²) in [5, 5.41) is 12.6. The quantitative estimate of drug-likeness (QED) is 0.0897. The monoisotopic (exact) mass is 754 g/mol. The van der Waals surface area contributed by atoms with E-state index in [1.807, 2.05) is 0 Å². The molecule has 0 aliphatic heterocycles. The van der Waals surface area contributed by atoms with Crippen molar-refractivity contribution in [1.29, 1.82) is 0 Å². The van der Waals surface area contributed by atoms with Crippen molar-refractivity contribution in [2.45, 2.75) is 0 Å². The Morgan fingerprint density at radius 3 is 1.21 bits per heavy atom. The Morgan fingerprint density at radius 1 is 0.276 bits per heavy atom. The average Bonchev–Trinajstić information content (AvgIpc) is 3.69. The van der Waals surface area contributed by atoms with Gasteiger partial charge < -0.3 is 4.42 Å². The molecule has 0 aliphatic carbocycles. The summed E-state index contributed by atoms with van der Waals surface area (Å²) in [6.07, 6.45) is 0. The SMILES string of the molecule is c1ccc(-c2c3ccccc3c(-c3cc(-c4ccc([Si](c5ccccc5)(c5ccccc5)c5ccccc5)cc4)cc4c3oc3ccccc34)c3ccccc23)cc1. The van der Waals surface area contributed by atoms with E-state index in [1.165, 1.54) is 64.5 Å². The van der Waals surface area contributed by atoms with Crippen molar-refractivity contribution in [3.8, 4) is 33.4 Å². The van der Waals surface area contributed by atoms with Crippen molar-refractivity contribution in [3.63, 3.8) is 0 Å². The molecule has 0 atom stereocenters. The zero-order valence-corrected chi connectivity index (χ0v) is 32.8. The Labute approximate surface area is 339 Å². The van der Waals surface area contributed by atoms with Crippen LogP contribution in [0.1, 0.15) is 0 Å². The molecule has 0 N–H and O–H groups in total. The minimum atomic E-state index is -2.67. The standard InChI is InChI=1S/C56H38OSi/c1-5-19-40(20-6-1)54-47-28-13-15-30-49(47)55(50-31-16-14-29-48(50)54)52-38-41(37-51-46-27-17-18-32-53(46)57-56(51)52)39-33-35-45(36-34-39)58(42-21-7-2-8-22-42,43-23-9-3-10-24-43)44-25-11-4-12-26-44/h1-38H. The van der Waals surface area contributed by atoms with Crippen molar-refractivity contribution in [2.75, 3.05) is 0 Å². The lowest BCUT2D eigenvalue weighted by Crippen LogP contribution is -2.74. The van der Waals surface area contributed by atoms with Crippen LogP contribution in [0.15, 0.2) is 235 Å². The highest BCUT2D eigenvalue weighted by Crippen LogP contribution is 2.47. The molecule has 0 spiro atoms. The van der Waals surface area contributed by atoms with Crippen molar-refractivity contribution in [2.24, 2.45) is 0 Å². The Kier molecular flexibility index (Phi) is 8.23. The van der Waals surface area contributed by atoms with Gasteiger partial charge in [-0.05, 0) is 82.7 Å². The van der Waals surface area contributed by atoms with Crippen LogP contribution < -0.4 is 20.7 Å². The summed E-state index contributed by atoms with van der Waals surface area (Å²) in [6.45, 7) is 0. The molecule has 0 radical (unpaired) electrons. The second-order valence-corrected chi connectivity index (χ2v) is 18.9. The topological polar surface area (TPSA) is 13.1 Å². The van der Waals surface area contributed by atoms with Gasteiger partial charge in [-0.25, -0.2) is 0 Å². The van der Waals surface area contributed by atoms with Gasteiger partial charge >= 0.3 is 0 Å². The number of rotatable bonds is 7. The van der Waals surface area contributed by atoms with E-state index in [4.69, 9.17) is 4.42 Å². The summed E-state index contributed by atoms with van der Waals surface area (Å²) in [5.74, 6) is 0. The normalized spacial score (nSPS) is 11.8. The fraction of sp³-hybridized carbons (Fsp3) is 0. The first-order valence-corrected chi connectivity index (χ1v) is 22.0. The number of furan rings is 1. The number of para-hydroxylation sites is 1. The van der Waals surface area contributed by atoms with Crippen LogP contribution in [0.2, 0.25) is 0 Å². The van der Waals surface area contributed by atoms with Gasteiger partial charge in [-0.1, -0.05) is 212 Å². The highest BCUT2D eigenvalue weighted by atomic mass is 28.3. The third-order valence-electron chi connectivity index (χ3n) is 12.0. The summed E-state index contributed by atoms with van der Waals surface area (Å²) >= 11 is 0. The van der Waals surface area contributed by atoms with E-state index in [2.05, 4.69) is 231 Å². The smallest absolute Gasteiger partial charge is 0.179 e. The summed E-state index contributed by atoms with van der Waals surface area (Å²) in [5.41, 5.74) is 8.89. The molecular weight excluding hydrogens is 717 g/mol. The van der Waals surface area contributed by atoms with E-state index >= 15 is 0 Å². The van der Waals surface area contributed by atoms with Gasteiger partial charge in [0.25, 0.3) is 0 Å². The van der Waals surface area contributed by atoms with E-state index in [0.717, 1.165) is 33.1 Å². The summed E-state index contributed by atoms with van der Waals surface area (Å²) in [4.78, 5) is 0. The second kappa shape index (κ2) is 14.0. The molecule has 0 amide bonds. The fourth-order valence-corrected chi connectivity index (χ4v) is 14.2. The lowest BCUT2D eigenvalue weighted by molar-refractivity contribution is 0.670. The third-order valence-corrected chi connectivity index (χ3v) is 16.8. The zero-order chi connectivity index (χ0) is 38.5. The van der Waals surface area contributed by atoms with Gasteiger partial charge in [0.05, 0.1) is 0 Å². The van der Waals surface area contributed by atoms with Crippen LogP contribution in [0.5, 0.6) is 0 Å². The highest BCUT2D eigenvalue weighted by molar-refractivity contribution is 7.19. The van der Waals surface area contributed by atoms with Crippen LogP contribution >= 0.6 is 0 Å². The molecule has 11 rings (SSSR count). The Bertz CT molecular complexity index is 3090. The van der Waals surface area contributed by atoms with Crippen LogP contribution in [-0.2, 0) is 0 Å². The molecule has 0 fully saturated rings. The number of hydrogen-bond donors (Lipinski definition) is 0. The third kappa shape index (κ3) is 5.38. The zero-order valence-electron chi connectivity index (χ0n) is 31.8. The van der Waals surface area contributed by atoms with Gasteiger partial charge in [-0.3, -0.25) is 0 Å². The number of benzene rings is 10. The molecule has 1 nitrogen and oxygen atoms in total. The number of hydrogen-bond acceptors (Lipinski definition) is 1. The predicted octanol–water partition coefficient (Wildman–Crippen LogP) is 12.3. The lowest BCUT2D eigenvalue weighted by Gasteiger charge is -2.34. The molecule has 0 bridgehead atoms. The van der Waals surface area contributed by atoms with Crippen LogP contribution in [0.25, 0.3) is 76.9 Å². The van der Waals surface area contributed by atoms with Crippen molar-refractivity contribution >= 4 is 72.3 Å². The Morgan fingerprint density at radius 2 is 0.690 bits per heavy atom. The Hall–Kier alpha value is -7.26. The first-order chi connectivity index (χ1) is 28.8. The number of fused-ring (bicyclic) bond motifs is 5. The fourth-order valence-electron chi connectivity index (χ4n) is 9.49. The molecule has 1 aromatic heterocycles. The van der Waals surface area contributed by atoms with E-state index in [9.17, 15) is 0 Å². The molecule has 2 heteroatoms. The van der Waals surface area contributed by atoms with Gasteiger partial charge in [0.1, 0.15) is 11.2 Å². The summed E-state index contributed by atoms with van der Waals surface area (Å²) < 4.78 is 6.86. The molecule has 0 unspecified atom stereocenters. The van der Waals surface area contributed by atoms with E-state index in [0.29, 0.717) is 0 Å². The minimum Gasteiger partial charge on any atom is -0.455 e. The maximum absolute atomic E-state index is 6.86. The molecule has 1 heterocycles. The van der Waals surface area contributed by atoms with Gasteiger partial charge in [-0.15, -0.1) is 0 Å². The van der Waals surface area contributed by atoms with Crippen LogP contribution in [-0.4, -0.2) is 8.07 Å². The van der Waals surface area contributed by atoms with Gasteiger partial charge in [0.15, 0.2) is 8.07 Å². The Balaban J connectivity index is 1.17. The van der Waals surface area contributed by atoms with Crippen LogP contribution in [0.4, 0.5) is 0 Å². The van der Waals surface area contributed by atoms with Gasteiger partial charge in [-0.2, -0.15) is 0 Å². The second-order valence-electron chi connectivity index (χ2n) is 15.1.